The lowest BCUT2D eigenvalue weighted by Gasteiger charge is -2.21. The lowest BCUT2D eigenvalue weighted by Crippen LogP contribution is -2.26. The molecule has 96 valence electrons. The van der Waals surface area contributed by atoms with Crippen molar-refractivity contribution < 1.29 is 14.6 Å². The third-order valence-corrected chi connectivity index (χ3v) is 2.70. The Morgan fingerprint density at radius 3 is 2.35 bits per heavy atom. The van der Waals surface area contributed by atoms with E-state index in [9.17, 15) is 5.11 Å². The summed E-state index contributed by atoms with van der Waals surface area (Å²) in [6.07, 6.45) is -0.832. The molecule has 0 heterocycles. The molecule has 3 N–H and O–H groups in total. The Labute approximate surface area is 102 Å². The summed E-state index contributed by atoms with van der Waals surface area (Å²) in [5.74, 6) is 1.37. The molecule has 0 radical (unpaired) electrons. The van der Waals surface area contributed by atoms with Crippen LogP contribution in [0.5, 0.6) is 11.5 Å². The standard InChI is InChI=1S/C13H21NO3/c1-8(14)12-6-5-11(16-4)7-13(12)17-10(3)9(2)15/h5-10,15H,14H2,1-4H3/t8-,9?,10?/m0/s1. The maximum absolute atomic E-state index is 9.45. The van der Waals surface area contributed by atoms with Crippen molar-refractivity contribution in [3.63, 3.8) is 0 Å². The smallest absolute Gasteiger partial charge is 0.128 e. The van der Waals surface area contributed by atoms with Gasteiger partial charge in [-0.05, 0) is 26.8 Å². The normalized spacial score (nSPS) is 16.1. The van der Waals surface area contributed by atoms with E-state index in [1.54, 1.807) is 20.1 Å². The van der Waals surface area contributed by atoms with E-state index in [2.05, 4.69) is 0 Å². The molecule has 4 heteroatoms. The molecule has 1 aromatic carbocycles. The van der Waals surface area contributed by atoms with E-state index in [1.807, 2.05) is 26.0 Å². The summed E-state index contributed by atoms with van der Waals surface area (Å²) in [6.45, 7) is 5.40. The van der Waals surface area contributed by atoms with Crippen molar-refractivity contribution in [1.82, 2.24) is 0 Å². The third-order valence-electron chi connectivity index (χ3n) is 2.70. The number of hydrogen-bond acceptors (Lipinski definition) is 4. The first-order chi connectivity index (χ1) is 7.95. The summed E-state index contributed by atoms with van der Waals surface area (Å²) in [5, 5.41) is 9.45. The van der Waals surface area contributed by atoms with E-state index in [1.165, 1.54) is 0 Å². The number of methoxy groups -OCH3 is 1. The van der Waals surface area contributed by atoms with Gasteiger partial charge >= 0.3 is 0 Å². The molecular weight excluding hydrogens is 218 g/mol. The van der Waals surface area contributed by atoms with E-state index in [-0.39, 0.29) is 12.1 Å². The van der Waals surface area contributed by atoms with Gasteiger partial charge in [0.15, 0.2) is 0 Å². The molecule has 17 heavy (non-hydrogen) atoms. The number of nitrogens with two attached hydrogens (primary N) is 1. The number of aliphatic hydroxyl groups excluding tert-OH is 1. The Kier molecular flexibility index (Phi) is 4.78. The Balaban J connectivity index is 3.00. The summed E-state index contributed by atoms with van der Waals surface area (Å²) < 4.78 is 10.8. The Bertz CT molecular complexity index is 364. The minimum atomic E-state index is -0.540. The van der Waals surface area contributed by atoms with Crippen LogP contribution in [0.4, 0.5) is 0 Å². The molecule has 0 fully saturated rings. The quantitative estimate of drug-likeness (QED) is 0.823. The molecule has 0 saturated heterocycles. The largest absolute Gasteiger partial charge is 0.497 e. The van der Waals surface area contributed by atoms with Gasteiger partial charge in [-0.1, -0.05) is 6.07 Å². The fraction of sp³-hybridized carbons (Fsp3) is 0.538. The maximum Gasteiger partial charge on any atom is 0.128 e. The first kappa shape index (κ1) is 13.8. The number of aliphatic hydroxyl groups is 1. The molecule has 0 aliphatic rings. The average molecular weight is 239 g/mol. The van der Waals surface area contributed by atoms with Gasteiger partial charge in [0, 0.05) is 17.7 Å². The molecule has 2 unspecified atom stereocenters. The molecule has 0 aromatic heterocycles. The van der Waals surface area contributed by atoms with Gasteiger partial charge in [-0.2, -0.15) is 0 Å². The molecule has 0 aliphatic heterocycles. The van der Waals surface area contributed by atoms with Crippen LogP contribution in [0.1, 0.15) is 32.4 Å². The van der Waals surface area contributed by atoms with Gasteiger partial charge in [0.2, 0.25) is 0 Å². The Morgan fingerprint density at radius 2 is 1.88 bits per heavy atom. The third kappa shape index (κ3) is 3.61. The summed E-state index contributed by atoms with van der Waals surface area (Å²) >= 11 is 0. The topological polar surface area (TPSA) is 64.7 Å². The number of benzene rings is 1. The van der Waals surface area contributed by atoms with Crippen molar-refractivity contribution in [2.45, 2.75) is 39.0 Å². The monoisotopic (exact) mass is 239 g/mol. The average Bonchev–Trinajstić information content (AvgIpc) is 2.28. The van der Waals surface area contributed by atoms with Crippen LogP contribution >= 0.6 is 0 Å². The minimum Gasteiger partial charge on any atom is -0.497 e. The van der Waals surface area contributed by atoms with E-state index < -0.39 is 6.10 Å². The van der Waals surface area contributed by atoms with Gasteiger partial charge in [-0.25, -0.2) is 0 Å². The van der Waals surface area contributed by atoms with Crippen molar-refractivity contribution in [3.05, 3.63) is 23.8 Å². The van der Waals surface area contributed by atoms with Crippen molar-refractivity contribution in [2.24, 2.45) is 5.73 Å². The summed E-state index contributed by atoms with van der Waals surface area (Å²) in [6, 6.07) is 5.39. The molecule has 0 saturated carbocycles. The fourth-order valence-electron chi connectivity index (χ4n) is 1.42. The summed E-state index contributed by atoms with van der Waals surface area (Å²) in [4.78, 5) is 0. The highest BCUT2D eigenvalue weighted by atomic mass is 16.5. The van der Waals surface area contributed by atoms with Crippen molar-refractivity contribution in [3.8, 4) is 11.5 Å². The fourth-order valence-corrected chi connectivity index (χ4v) is 1.42. The molecular formula is C13H21NO3. The van der Waals surface area contributed by atoms with E-state index in [0.29, 0.717) is 11.5 Å². The van der Waals surface area contributed by atoms with E-state index >= 15 is 0 Å². The first-order valence-corrected chi connectivity index (χ1v) is 5.74. The van der Waals surface area contributed by atoms with Crippen LogP contribution in [0.25, 0.3) is 0 Å². The zero-order valence-electron chi connectivity index (χ0n) is 10.8. The lowest BCUT2D eigenvalue weighted by atomic mass is 10.1. The summed E-state index contributed by atoms with van der Waals surface area (Å²) in [5.41, 5.74) is 6.78. The second-order valence-corrected chi connectivity index (χ2v) is 4.26. The first-order valence-electron chi connectivity index (χ1n) is 5.74. The number of rotatable bonds is 5. The van der Waals surface area contributed by atoms with Crippen LogP contribution in [0.2, 0.25) is 0 Å². The SMILES string of the molecule is COc1ccc([C@H](C)N)c(OC(C)C(C)O)c1. The molecule has 0 aliphatic carbocycles. The summed E-state index contributed by atoms with van der Waals surface area (Å²) in [7, 11) is 1.60. The van der Waals surface area contributed by atoms with Gasteiger partial charge in [0.25, 0.3) is 0 Å². The molecule has 3 atom stereocenters. The Morgan fingerprint density at radius 1 is 1.24 bits per heavy atom. The number of hydrogen-bond donors (Lipinski definition) is 2. The van der Waals surface area contributed by atoms with Crippen LogP contribution in [0.15, 0.2) is 18.2 Å². The van der Waals surface area contributed by atoms with Crippen LogP contribution in [0, 0.1) is 0 Å². The van der Waals surface area contributed by atoms with Gasteiger partial charge in [-0.15, -0.1) is 0 Å². The minimum absolute atomic E-state index is 0.128. The predicted octanol–water partition coefficient (Wildman–Crippen LogP) is 1.86. The molecule has 1 aromatic rings. The molecule has 0 bridgehead atoms. The van der Waals surface area contributed by atoms with Gasteiger partial charge in [0.1, 0.15) is 17.6 Å². The maximum atomic E-state index is 9.45. The zero-order valence-corrected chi connectivity index (χ0v) is 10.8. The van der Waals surface area contributed by atoms with Gasteiger partial charge in [0.05, 0.1) is 13.2 Å². The second kappa shape index (κ2) is 5.89. The van der Waals surface area contributed by atoms with Crippen LogP contribution in [0.3, 0.4) is 0 Å². The molecule has 0 spiro atoms. The van der Waals surface area contributed by atoms with Crippen molar-refractivity contribution in [2.75, 3.05) is 7.11 Å². The zero-order chi connectivity index (χ0) is 13.0. The van der Waals surface area contributed by atoms with Crippen molar-refractivity contribution >= 4 is 0 Å². The molecule has 4 nitrogen and oxygen atoms in total. The number of ether oxygens (including phenoxy) is 2. The molecule has 1 rings (SSSR count). The van der Waals surface area contributed by atoms with Gasteiger partial charge < -0.3 is 20.3 Å². The predicted molar refractivity (Wildman–Crippen MR) is 67.4 cm³/mol. The van der Waals surface area contributed by atoms with Crippen LogP contribution < -0.4 is 15.2 Å². The van der Waals surface area contributed by atoms with Crippen LogP contribution in [-0.4, -0.2) is 24.4 Å². The van der Waals surface area contributed by atoms with Gasteiger partial charge in [-0.3, -0.25) is 0 Å². The van der Waals surface area contributed by atoms with E-state index in [4.69, 9.17) is 15.2 Å². The highest BCUT2D eigenvalue weighted by Crippen LogP contribution is 2.29. The lowest BCUT2D eigenvalue weighted by molar-refractivity contribution is 0.0595. The highest BCUT2D eigenvalue weighted by molar-refractivity contribution is 5.42. The highest BCUT2D eigenvalue weighted by Gasteiger charge is 2.15. The van der Waals surface area contributed by atoms with E-state index in [0.717, 1.165) is 5.56 Å². The van der Waals surface area contributed by atoms with Crippen LogP contribution in [-0.2, 0) is 0 Å². The Hall–Kier alpha value is -1.26. The van der Waals surface area contributed by atoms with Crippen molar-refractivity contribution in [1.29, 1.82) is 0 Å². The second-order valence-electron chi connectivity index (χ2n) is 4.26. The molecule has 0 amide bonds.